The highest BCUT2D eigenvalue weighted by molar-refractivity contribution is 7.99. The number of carbonyl (C=O) groups excluding carboxylic acids is 1. The Balaban J connectivity index is 1.99. The minimum atomic E-state index is 0.0439. The van der Waals surface area contributed by atoms with E-state index in [4.69, 9.17) is 11.6 Å². The van der Waals surface area contributed by atoms with Crippen molar-refractivity contribution in [3.63, 3.8) is 0 Å². The van der Waals surface area contributed by atoms with Gasteiger partial charge in [-0.05, 0) is 23.8 Å². The Morgan fingerprint density at radius 2 is 1.95 bits per heavy atom. The van der Waals surface area contributed by atoms with E-state index in [1.165, 1.54) is 0 Å². The van der Waals surface area contributed by atoms with Gasteiger partial charge < -0.3 is 5.32 Å². The van der Waals surface area contributed by atoms with Gasteiger partial charge in [-0.2, -0.15) is 0 Å². The van der Waals surface area contributed by atoms with Gasteiger partial charge in [0, 0.05) is 21.6 Å². The van der Waals surface area contributed by atoms with Gasteiger partial charge in [0.2, 0.25) is 5.91 Å². The van der Waals surface area contributed by atoms with E-state index in [1.807, 2.05) is 30.3 Å². The van der Waals surface area contributed by atoms with E-state index in [9.17, 15) is 4.79 Å². The van der Waals surface area contributed by atoms with Crippen LogP contribution < -0.4 is 5.32 Å². The summed E-state index contributed by atoms with van der Waals surface area (Å²) >= 11 is 7.72. The molecule has 1 atom stereocenters. The normalized spacial score (nSPS) is 18.4. The Morgan fingerprint density at radius 1 is 1.16 bits per heavy atom. The Hall–Kier alpha value is -1.45. The van der Waals surface area contributed by atoms with E-state index in [0.717, 1.165) is 16.1 Å². The van der Waals surface area contributed by atoms with Crippen LogP contribution in [0.25, 0.3) is 0 Å². The van der Waals surface area contributed by atoms with Gasteiger partial charge in [-0.25, -0.2) is 0 Å². The van der Waals surface area contributed by atoms with E-state index in [1.54, 1.807) is 17.8 Å². The second kappa shape index (κ2) is 5.27. The summed E-state index contributed by atoms with van der Waals surface area (Å²) in [4.78, 5) is 13.0. The molecule has 2 aromatic carbocycles. The van der Waals surface area contributed by atoms with Gasteiger partial charge >= 0.3 is 0 Å². The number of amides is 1. The van der Waals surface area contributed by atoms with Gasteiger partial charge in [-0.3, -0.25) is 4.79 Å². The molecule has 96 valence electrons. The van der Waals surface area contributed by atoms with E-state index in [0.29, 0.717) is 11.4 Å². The summed E-state index contributed by atoms with van der Waals surface area (Å²) in [5, 5.41) is 3.75. The number of carbonyl (C=O) groups is 1. The van der Waals surface area contributed by atoms with Crippen molar-refractivity contribution >= 4 is 35.0 Å². The fourth-order valence-electron chi connectivity index (χ4n) is 2.12. The first kappa shape index (κ1) is 12.6. The molecule has 1 amide bonds. The molecule has 1 aliphatic rings. The maximum absolute atomic E-state index is 12.0. The molecule has 2 nitrogen and oxygen atoms in total. The topological polar surface area (TPSA) is 29.1 Å². The maximum atomic E-state index is 12.0. The van der Waals surface area contributed by atoms with Crippen molar-refractivity contribution in [2.45, 2.75) is 16.6 Å². The molecule has 0 aliphatic carbocycles. The predicted molar refractivity (Wildman–Crippen MR) is 79.7 cm³/mol. The lowest BCUT2D eigenvalue weighted by atomic mass is 10.1. The van der Waals surface area contributed by atoms with Crippen molar-refractivity contribution in [3.05, 3.63) is 59.1 Å². The maximum Gasteiger partial charge on any atom is 0.225 e. The molecule has 0 radical (unpaired) electrons. The SMILES string of the molecule is O=C1CC(c2ccccc2)Sc2cc(Cl)ccc2N1. The van der Waals surface area contributed by atoms with E-state index in [2.05, 4.69) is 17.4 Å². The minimum absolute atomic E-state index is 0.0439. The summed E-state index contributed by atoms with van der Waals surface area (Å²) in [6.45, 7) is 0. The highest BCUT2D eigenvalue weighted by Crippen LogP contribution is 2.44. The van der Waals surface area contributed by atoms with Crippen LogP contribution >= 0.6 is 23.4 Å². The number of nitrogens with one attached hydrogen (secondary N) is 1. The molecule has 0 spiro atoms. The number of fused-ring (bicyclic) bond motifs is 1. The molecule has 0 fully saturated rings. The van der Waals surface area contributed by atoms with Gasteiger partial charge in [0.1, 0.15) is 0 Å². The zero-order valence-electron chi connectivity index (χ0n) is 10.1. The lowest BCUT2D eigenvalue weighted by Gasteiger charge is -2.13. The van der Waals surface area contributed by atoms with Crippen LogP contribution in [0.15, 0.2) is 53.4 Å². The molecule has 1 unspecified atom stereocenters. The van der Waals surface area contributed by atoms with Crippen molar-refractivity contribution in [2.75, 3.05) is 5.32 Å². The average Bonchev–Trinajstić information content (AvgIpc) is 2.58. The largest absolute Gasteiger partial charge is 0.325 e. The summed E-state index contributed by atoms with van der Waals surface area (Å²) in [5.41, 5.74) is 2.01. The lowest BCUT2D eigenvalue weighted by Crippen LogP contribution is -2.11. The third-order valence-corrected chi connectivity index (χ3v) is 4.58. The quantitative estimate of drug-likeness (QED) is 0.836. The number of hydrogen-bond acceptors (Lipinski definition) is 2. The first-order valence-electron chi connectivity index (χ1n) is 6.03. The second-order valence-corrected chi connectivity index (χ2v) is 6.09. The van der Waals surface area contributed by atoms with Crippen molar-refractivity contribution in [3.8, 4) is 0 Å². The van der Waals surface area contributed by atoms with Crippen LogP contribution in [0.5, 0.6) is 0 Å². The standard InChI is InChI=1S/C15H12ClNOS/c16-11-6-7-12-14(8-11)19-13(9-15(18)17-12)10-4-2-1-3-5-10/h1-8,13H,9H2,(H,17,18). The molecule has 4 heteroatoms. The molecule has 2 aromatic rings. The highest BCUT2D eigenvalue weighted by Gasteiger charge is 2.23. The summed E-state index contributed by atoms with van der Waals surface area (Å²) in [6.07, 6.45) is 0.473. The van der Waals surface area contributed by atoms with E-state index >= 15 is 0 Å². The lowest BCUT2D eigenvalue weighted by molar-refractivity contribution is -0.116. The molecular formula is C15H12ClNOS. The van der Waals surface area contributed by atoms with Crippen LogP contribution in [0.4, 0.5) is 5.69 Å². The number of benzene rings is 2. The van der Waals surface area contributed by atoms with Crippen molar-refractivity contribution < 1.29 is 4.79 Å². The van der Waals surface area contributed by atoms with Gasteiger partial charge in [0.25, 0.3) is 0 Å². The molecule has 1 aliphatic heterocycles. The molecule has 1 N–H and O–H groups in total. The number of thioether (sulfide) groups is 1. The van der Waals surface area contributed by atoms with Crippen LogP contribution in [-0.4, -0.2) is 5.91 Å². The monoisotopic (exact) mass is 289 g/mol. The van der Waals surface area contributed by atoms with Crippen LogP contribution in [-0.2, 0) is 4.79 Å². The predicted octanol–water partition coefficient (Wildman–Crippen LogP) is 4.52. The molecule has 3 rings (SSSR count). The first-order valence-corrected chi connectivity index (χ1v) is 7.29. The fourth-order valence-corrected chi connectivity index (χ4v) is 3.63. The molecular weight excluding hydrogens is 278 g/mol. The Labute approximate surface area is 121 Å². The van der Waals surface area contributed by atoms with E-state index in [-0.39, 0.29) is 11.2 Å². The molecule has 19 heavy (non-hydrogen) atoms. The van der Waals surface area contributed by atoms with Crippen LogP contribution in [0, 0.1) is 0 Å². The third-order valence-electron chi connectivity index (χ3n) is 3.03. The molecule has 1 heterocycles. The van der Waals surface area contributed by atoms with Crippen LogP contribution in [0.2, 0.25) is 5.02 Å². The van der Waals surface area contributed by atoms with Gasteiger partial charge in [-0.1, -0.05) is 41.9 Å². The first-order chi connectivity index (χ1) is 9.22. The Morgan fingerprint density at radius 3 is 2.74 bits per heavy atom. The third kappa shape index (κ3) is 2.77. The minimum Gasteiger partial charge on any atom is -0.325 e. The molecule has 0 bridgehead atoms. The summed E-state index contributed by atoms with van der Waals surface area (Å²) in [6, 6.07) is 15.6. The number of rotatable bonds is 1. The number of halogens is 1. The zero-order chi connectivity index (χ0) is 13.2. The highest BCUT2D eigenvalue weighted by atomic mass is 35.5. The average molecular weight is 290 g/mol. The van der Waals surface area contributed by atoms with E-state index < -0.39 is 0 Å². The summed E-state index contributed by atoms with van der Waals surface area (Å²) in [5.74, 6) is 0.0439. The van der Waals surface area contributed by atoms with Gasteiger partial charge in [0.05, 0.1) is 5.69 Å². The molecule has 0 aromatic heterocycles. The van der Waals surface area contributed by atoms with Crippen molar-refractivity contribution in [1.29, 1.82) is 0 Å². The Bertz CT molecular complexity index is 615. The smallest absolute Gasteiger partial charge is 0.225 e. The van der Waals surface area contributed by atoms with Gasteiger partial charge in [-0.15, -0.1) is 11.8 Å². The molecule has 0 saturated heterocycles. The molecule has 0 saturated carbocycles. The number of hydrogen-bond donors (Lipinski definition) is 1. The Kier molecular flexibility index (Phi) is 3.49. The van der Waals surface area contributed by atoms with Crippen molar-refractivity contribution in [1.82, 2.24) is 0 Å². The summed E-state index contributed by atoms with van der Waals surface area (Å²) < 4.78 is 0. The fraction of sp³-hybridized carbons (Fsp3) is 0.133. The van der Waals surface area contributed by atoms with Crippen molar-refractivity contribution in [2.24, 2.45) is 0 Å². The second-order valence-electron chi connectivity index (χ2n) is 4.41. The van der Waals surface area contributed by atoms with Crippen LogP contribution in [0.1, 0.15) is 17.2 Å². The van der Waals surface area contributed by atoms with Crippen LogP contribution in [0.3, 0.4) is 0 Å². The zero-order valence-corrected chi connectivity index (χ0v) is 11.7. The number of anilines is 1. The van der Waals surface area contributed by atoms with Gasteiger partial charge in [0.15, 0.2) is 0 Å². The summed E-state index contributed by atoms with van der Waals surface area (Å²) in [7, 11) is 0.